The third kappa shape index (κ3) is 0.955. The predicted molar refractivity (Wildman–Crippen MR) is 42.2 cm³/mol. The Bertz CT molecular complexity index is 281. The Morgan fingerprint density at radius 3 is 2.18 bits per heavy atom. The normalized spacial score (nSPS) is 28.6. The van der Waals surface area contributed by atoms with Crippen LogP contribution in [0, 0.1) is 0 Å². The van der Waals surface area contributed by atoms with E-state index < -0.39 is 0 Å². The third-order valence-corrected chi connectivity index (χ3v) is 2.04. The van der Waals surface area contributed by atoms with Gasteiger partial charge in [0.15, 0.2) is 5.78 Å². The van der Waals surface area contributed by atoms with Gasteiger partial charge in [-0.25, -0.2) is 0 Å². The second kappa shape index (κ2) is 2.17. The van der Waals surface area contributed by atoms with E-state index in [4.69, 9.17) is 5.73 Å². The molecule has 2 heteroatoms. The molecule has 1 aromatic rings. The molecule has 0 saturated heterocycles. The van der Waals surface area contributed by atoms with Crippen molar-refractivity contribution in [2.45, 2.75) is 12.0 Å². The highest BCUT2D eigenvalue weighted by Gasteiger charge is 2.46. The van der Waals surface area contributed by atoms with E-state index in [0.717, 1.165) is 5.56 Å². The van der Waals surface area contributed by atoms with Crippen molar-refractivity contribution in [2.24, 2.45) is 5.73 Å². The van der Waals surface area contributed by atoms with Gasteiger partial charge in [0, 0.05) is 0 Å². The lowest BCUT2D eigenvalue weighted by Crippen LogP contribution is -2.02. The average molecular weight is 147 g/mol. The first-order chi connectivity index (χ1) is 5.30. The SMILES string of the molecule is NC1C(=O)C1c1ccccc1. The summed E-state index contributed by atoms with van der Waals surface area (Å²) in [5.41, 5.74) is 6.54. The van der Waals surface area contributed by atoms with E-state index in [9.17, 15) is 4.79 Å². The Morgan fingerprint density at radius 1 is 1.18 bits per heavy atom. The van der Waals surface area contributed by atoms with Crippen molar-refractivity contribution >= 4 is 5.78 Å². The highest BCUT2D eigenvalue weighted by molar-refractivity contribution is 6.07. The summed E-state index contributed by atoms with van der Waals surface area (Å²) in [6, 6.07) is 9.42. The average Bonchev–Trinajstić information content (AvgIpc) is 2.62. The lowest BCUT2D eigenvalue weighted by molar-refractivity contribution is -0.110. The first-order valence-corrected chi connectivity index (χ1v) is 3.65. The molecule has 2 atom stereocenters. The van der Waals surface area contributed by atoms with E-state index in [1.54, 1.807) is 0 Å². The number of Topliss-reactive ketones (excluding diaryl/α,β-unsaturated/α-hetero) is 1. The molecule has 11 heavy (non-hydrogen) atoms. The van der Waals surface area contributed by atoms with Crippen LogP contribution in [0.2, 0.25) is 0 Å². The van der Waals surface area contributed by atoms with Crippen molar-refractivity contribution in [1.29, 1.82) is 0 Å². The summed E-state index contributed by atoms with van der Waals surface area (Å²) in [5.74, 6) is 0.146. The van der Waals surface area contributed by atoms with Crippen LogP contribution in [0.15, 0.2) is 30.3 Å². The number of carbonyl (C=O) groups is 1. The maximum Gasteiger partial charge on any atom is 0.160 e. The van der Waals surface area contributed by atoms with Crippen molar-refractivity contribution in [3.05, 3.63) is 35.9 Å². The minimum absolute atomic E-state index is 0.0174. The van der Waals surface area contributed by atoms with Crippen LogP contribution in [0.4, 0.5) is 0 Å². The minimum Gasteiger partial charge on any atom is -0.321 e. The van der Waals surface area contributed by atoms with Gasteiger partial charge in [0.2, 0.25) is 0 Å². The minimum atomic E-state index is -0.239. The van der Waals surface area contributed by atoms with Crippen LogP contribution in [0.5, 0.6) is 0 Å². The van der Waals surface area contributed by atoms with Crippen LogP contribution in [-0.2, 0) is 4.79 Å². The Balaban J connectivity index is 2.27. The largest absolute Gasteiger partial charge is 0.321 e. The van der Waals surface area contributed by atoms with Gasteiger partial charge >= 0.3 is 0 Å². The van der Waals surface area contributed by atoms with E-state index in [1.165, 1.54) is 0 Å². The zero-order valence-corrected chi connectivity index (χ0v) is 6.03. The fourth-order valence-corrected chi connectivity index (χ4v) is 1.29. The number of rotatable bonds is 1. The second-order valence-corrected chi connectivity index (χ2v) is 2.82. The highest BCUT2D eigenvalue weighted by Crippen LogP contribution is 2.34. The first-order valence-electron chi connectivity index (χ1n) is 3.65. The lowest BCUT2D eigenvalue weighted by Gasteiger charge is -1.92. The summed E-state index contributed by atoms with van der Waals surface area (Å²) in [6.07, 6.45) is 0. The molecule has 0 aromatic heterocycles. The monoisotopic (exact) mass is 147 g/mol. The zero-order valence-electron chi connectivity index (χ0n) is 6.03. The maximum absolute atomic E-state index is 10.9. The number of nitrogens with two attached hydrogens (primary N) is 1. The molecule has 1 fully saturated rings. The Kier molecular flexibility index (Phi) is 1.29. The molecule has 2 unspecified atom stereocenters. The summed E-state index contributed by atoms with van der Waals surface area (Å²) in [4.78, 5) is 10.9. The first kappa shape index (κ1) is 6.55. The van der Waals surface area contributed by atoms with Crippen LogP contribution >= 0.6 is 0 Å². The maximum atomic E-state index is 10.9. The molecule has 2 nitrogen and oxygen atoms in total. The van der Waals surface area contributed by atoms with Gasteiger partial charge in [-0.1, -0.05) is 30.3 Å². The molecule has 1 saturated carbocycles. The van der Waals surface area contributed by atoms with Gasteiger partial charge < -0.3 is 5.73 Å². The van der Waals surface area contributed by atoms with Crippen LogP contribution in [0.1, 0.15) is 11.5 Å². The Labute approximate surface area is 65.0 Å². The number of ketones is 1. The van der Waals surface area contributed by atoms with Crippen molar-refractivity contribution < 1.29 is 4.79 Å². The van der Waals surface area contributed by atoms with Crippen molar-refractivity contribution in [3.63, 3.8) is 0 Å². The zero-order chi connectivity index (χ0) is 7.84. The van der Waals surface area contributed by atoms with Gasteiger partial charge in [-0.15, -0.1) is 0 Å². The van der Waals surface area contributed by atoms with Gasteiger partial charge in [0.1, 0.15) is 0 Å². The molecule has 2 rings (SSSR count). The number of hydrogen-bond donors (Lipinski definition) is 1. The van der Waals surface area contributed by atoms with Crippen LogP contribution < -0.4 is 5.73 Å². The second-order valence-electron chi connectivity index (χ2n) is 2.82. The Hall–Kier alpha value is -1.15. The molecule has 56 valence electrons. The fraction of sp³-hybridized carbons (Fsp3) is 0.222. The van der Waals surface area contributed by atoms with Crippen LogP contribution in [0.25, 0.3) is 0 Å². The molecule has 0 radical (unpaired) electrons. The molecular formula is C9H9NO. The van der Waals surface area contributed by atoms with Gasteiger partial charge in [-0.3, -0.25) is 4.79 Å². The molecule has 0 spiro atoms. The van der Waals surface area contributed by atoms with E-state index in [2.05, 4.69) is 0 Å². The predicted octanol–water partition coefficient (Wildman–Crippen LogP) is 0.680. The fourth-order valence-electron chi connectivity index (χ4n) is 1.29. The highest BCUT2D eigenvalue weighted by atomic mass is 16.1. The van der Waals surface area contributed by atoms with Crippen LogP contribution in [0.3, 0.4) is 0 Å². The number of carbonyl (C=O) groups excluding carboxylic acids is 1. The summed E-state index contributed by atoms with van der Waals surface area (Å²) in [5, 5.41) is 0. The molecule has 0 amide bonds. The summed E-state index contributed by atoms with van der Waals surface area (Å²) >= 11 is 0. The van der Waals surface area contributed by atoms with Gasteiger partial charge in [0.25, 0.3) is 0 Å². The van der Waals surface area contributed by atoms with Crippen molar-refractivity contribution in [1.82, 2.24) is 0 Å². The molecule has 0 heterocycles. The van der Waals surface area contributed by atoms with E-state index in [1.807, 2.05) is 30.3 Å². The van der Waals surface area contributed by atoms with Crippen molar-refractivity contribution in [2.75, 3.05) is 0 Å². The van der Waals surface area contributed by atoms with E-state index >= 15 is 0 Å². The van der Waals surface area contributed by atoms with E-state index in [0.29, 0.717) is 0 Å². The molecule has 0 bridgehead atoms. The molecule has 0 aliphatic heterocycles. The molecule has 2 N–H and O–H groups in total. The van der Waals surface area contributed by atoms with Crippen LogP contribution in [-0.4, -0.2) is 11.8 Å². The number of hydrogen-bond acceptors (Lipinski definition) is 2. The number of benzene rings is 1. The summed E-state index contributed by atoms with van der Waals surface area (Å²) < 4.78 is 0. The quantitative estimate of drug-likeness (QED) is 0.634. The Morgan fingerprint density at radius 2 is 1.73 bits per heavy atom. The topological polar surface area (TPSA) is 43.1 Å². The third-order valence-electron chi connectivity index (χ3n) is 2.04. The molecule has 1 aliphatic rings. The summed E-state index contributed by atoms with van der Waals surface area (Å²) in [6.45, 7) is 0. The standard InChI is InChI=1S/C9H9NO/c10-8-7(9(8)11)6-4-2-1-3-5-6/h1-5,7-8H,10H2. The molecule has 1 aliphatic carbocycles. The van der Waals surface area contributed by atoms with Gasteiger partial charge in [0.05, 0.1) is 12.0 Å². The van der Waals surface area contributed by atoms with E-state index in [-0.39, 0.29) is 17.7 Å². The summed E-state index contributed by atoms with van der Waals surface area (Å²) in [7, 11) is 0. The molecule has 1 aromatic carbocycles. The molecular weight excluding hydrogens is 138 g/mol. The van der Waals surface area contributed by atoms with Crippen molar-refractivity contribution in [3.8, 4) is 0 Å². The smallest absolute Gasteiger partial charge is 0.160 e. The van der Waals surface area contributed by atoms with Gasteiger partial charge in [-0.2, -0.15) is 0 Å². The lowest BCUT2D eigenvalue weighted by atomic mass is 10.1. The van der Waals surface area contributed by atoms with Gasteiger partial charge in [-0.05, 0) is 5.56 Å².